The Labute approximate surface area is 146 Å². The van der Waals surface area contributed by atoms with Gasteiger partial charge in [0, 0.05) is 31.8 Å². The summed E-state index contributed by atoms with van der Waals surface area (Å²) < 4.78 is 5.11. The Morgan fingerprint density at radius 1 is 1.28 bits per heavy atom. The summed E-state index contributed by atoms with van der Waals surface area (Å²) in [7, 11) is 1.64. The quantitative estimate of drug-likeness (QED) is 0.857. The van der Waals surface area contributed by atoms with Crippen LogP contribution in [0.15, 0.2) is 0 Å². The SMILES string of the molecule is COCc1nc([C@H]2CN(C(=O)c3nc(C)[nH]c3C)C[C@@H]2C2CC2)n[nH]1. The van der Waals surface area contributed by atoms with Crippen LogP contribution in [0, 0.1) is 25.7 Å². The van der Waals surface area contributed by atoms with E-state index in [1.165, 1.54) is 12.8 Å². The van der Waals surface area contributed by atoms with E-state index in [1.54, 1.807) is 7.11 Å². The Hall–Kier alpha value is -2.22. The van der Waals surface area contributed by atoms with E-state index < -0.39 is 0 Å². The molecular formula is C17H24N6O2. The van der Waals surface area contributed by atoms with Crippen molar-refractivity contribution in [1.82, 2.24) is 30.0 Å². The third kappa shape index (κ3) is 3.06. The second kappa shape index (κ2) is 6.25. The summed E-state index contributed by atoms with van der Waals surface area (Å²) in [5.74, 6) is 3.59. The predicted octanol–water partition coefficient (Wildman–Crippen LogP) is 1.56. The number of nitrogens with one attached hydrogen (secondary N) is 2. The lowest BCUT2D eigenvalue weighted by Gasteiger charge is -2.15. The lowest BCUT2D eigenvalue weighted by molar-refractivity contribution is 0.0778. The first-order valence-electron chi connectivity index (χ1n) is 8.79. The maximum absolute atomic E-state index is 12.9. The van der Waals surface area contributed by atoms with Crippen molar-refractivity contribution in [2.45, 2.75) is 39.2 Å². The van der Waals surface area contributed by atoms with Gasteiger partial charge in [0.1, 0.15) is 18.1 Å². The molecule has 0 radical (unpaired) electrons. The molecule has 1 aliphatic carbocycles. The van der Waals surface area contributed by atoms with Crippen molar-refractivity contribution in [2.75, 3.05) is 20.2 Å². The monoisotopic (exact) mass is 344 g/mol. The van der Waals surface area contributed by atoms with Crippen molar-refractivity contribution in [3.8, 4) is 0 Å². The highest BCUT2D eigenvalue weighted by Gasteiger charge is 2.46. The van der Waals surface area contributed by atoms with Crippen molar-refractivity contribution in [3.63, 3.8) is 0 Å². The van der Waals surface area contributed by atoms with Gasteiger partial charge in [-0.3, -0.25) is 9.89 Å². The number of aryl methyl sites for hydroxylation is 2. The van der Waals surface area contributed by atoms with Crippen LogP contribution >= 0.6 is 0 Å². The smallest absolute Gasteiger partial charge is 0.274 e. The molecule has 8 nitrogen and oxygen atoms in total. The number of carbonyl (C=O) groups is 1. The van der Waals surface area contributed by atoms with Gasteiger partial charge >= 0.3 is 0 Å². The molecule has 0 bridgehead atoms. The topological polar surface area (TPSA) is 99.8 Å². The molecule has 1 aliphatic heterocycles. The van der Waals surface area contributed by atoms with Crippen LogP contribution in [0.1, 0.15) is 52.4 Å². The van der Waals surface area contributed by atoms with Crippen LogP contribution in [0.5, 0.6) is 0 Å². The fourth-order valence-corrected chi connectivity index (χ4v) is 3.92. The number of methoxy groups -OCH3 is 1. The normalized spacial score (nSPS) is 23.4. The van der Waals surface area contributed by atoms with E-state index in [0.29, 0.717) is 30.7 Å². The van der Waals surface area contributed by atoms with Gasteiger partial charge in [-0.15, -0.1) is 0 Å². The molecule has 0 unspecified atom stereocenters. The number of H-pyrrole nitrogens is 2. The Morgan fingerprint density at radius 2 is 2.08 bits per heavy atom. The maximum atomic E-state index is 12.9. The molecule has 3 heterocycles. The summed E-state index contributed by atoms with van der Waals surface area (Å²) in [6.07, 6.45) is 2.47. The molecule has 2 aromatic rings. The average molecular weight is 344 g/mol. The maximum Gasteiger partial charge on any atom is 0.274 e. The average Bonchev–Trinajstić information content (AvgIpc) is 3.01. The van der Waals surface area contributed by atoms with E-state index in [4.69, 9.17) is 4.74 Å². The molecular weight excluding hydrogens is 320 g/mol. The second-order valence-electron chi connectivity index (χ2n) is 7.19. The molecule has 25 heavy (non-hydrogen) atoms. The van der Waals surface area contributed by atoms with Crippen LogP contribution in [0.25, 0.3) is 0 Å². The molecule has 2 aliphatic rings. The number of ether oxygens (including phenoxy) is 1. The summed E-state index contributed by atoms with van der Waals surface area (Å²) in [5, 5.41) is 7.33. The molecule has 8 heteroatoms. The molecule has 1 saturated carbocycles. The van der Waals surface area contributed by atoms with E-state index in [0.717, 1.165) is 29.7 Å². The number of aromatic nitrogens is 5. The molecule has 1 saturated heterocycles. The molecule has 1 amide bonds. The van der Waals surface area contributed by atoms with Gasteiger partial charge in [0.25, 0.3) is 5.91 Å². The van der Waals surface area contributed by atoms with E-state index in [2.05, 4.69) is 25.1 Å². The highest BCUT2D eigenvalue weighted by atomic mass is 16.5. The van der Waals surface area contributed by atoms with E-state index in [1.807, 2.05) is 18.7 Å². The predicted molar refractivity (Wildman–Crippen MR) is 90.0 cm³/mol. The highest BCUT2D eigenvalue weighted by Crippen LogP contribution is 2.47. The third-order valence-corrected chi connectivity index (χ3v) is 5.25. The number of aromatic amines is 2. The van der Waals surface area contributed by atoms with Crippen molar-refractivity contribution >= 4 is 5.91 Å². The number of amides is 1. The summed E-state index contributed by atoms with van der Waals surface area (Å²) in [5.41, 5.74) is 1.36. The summed E-state index contributed by atoms with van der Waals surface area (Å²) >= 11 is 0. The zero-order valence-corrected chi connectivity index (χ0v) is 14.9. The van der Waals surface area contributed by atoms with Gasteiger partial charge in [0.05, 0.1) is 0 Å². The number of nitrogens with zero attached hydrogens (tertiary/aromatic N) is 4. The molecule has 4 rings (SSSR count). The van der Waals surface area contributed by atoms with Gasteiger partial charge in [-0.25, -0.2) is 9.97 Å². The molecule has 2 aromatic heterocycles. The van der Waals surface area contributed by atoms with E-state index >= 15 is 0 Å². The second-order valence-corrected chi connectivity index (χ2v) is 7.19. The zero-order chi connectivity index (χ0) is 17.6. The first-order valence-corrected chi connectivity index (χ1v) is 8.79. The molecule has 2 atom stereocenters. The van der Waals surface area contributed by atoms with Gasteiger partial charge in [-0.1, -0.05) is 0 Å². The molecule has 0 spiro atoms. The van der Waals surface area contributed by atoms with E-state index in [9.17, 15) is 4.79 Å². The lowest BCUT2D eigenvalue weighted by Crippen LogP contribution is -2.30. The summed E-state index contributed by atoms with van der Waals surface area (Å²) in [6, 6.07) is 0. The molecule has 0 aromatic carbocycles. The summed E-state index contributed by atoms with van der Waals surface area (Å²) in [6.45, 7) is 5.59. The van der Waals surface area contributed by atoms with Crippen molar-refractivity contribution in [2.24, 2.45) is 11.8 Å². The highest BCUT2D eigenvalue weighted by molar-refractivity contribution is 5.93. The molecule has 2 fully saturated rings. The number of likely N-dealkylation sites (tertiary alicyclic amines) is 1. The first kappa shape index (κ1) is 16.3. The molecule has 2 N–H and O–H groups in total. The number of carbonyl (C=O) groups excluding carboxylic acids is 1. The Balaban J connectivity index is 1.56. The first-order chi connectivity index (χ1) is 12.1. The molecule has 134 valence electrons. The van der Waals surface area contributed by atoms with Crippen molar-refractivity contribution in [1.29, 1.82) is 0 Å². The number of imidazole rings is 1. The van der Waals surface area contributed by atoms with Gasteiger partial charge < -0.3 is 14.6 Å². The van der Waals surface area contributed by atoms with Crippen LogP contribution < -0.4 is 0 Å². The number of hydrogen-bond acceptors (Lipinski definition) is 5. The minimum Gasteiger partial charge on any atom is -0.377 e. The number of rotatable bonds is 5. The van der Waals surface area contributed by atoms with Gasteiger partial charge in [-0.05, 0) is 38.5 Å². The fourth-order valence-electron chi connectivity index (χ4n) is 3.92. The zero-order valence-electron chi connectivity index (χ0n) is 14.9. The van der Waals surface area contributed by atoms with Crippen LogP contribution in [0.3, 0.4) is 0 Å². The van der Waals surface area contributed by atoms with Crippen molar-refractivity contribution in [3.05, 3.63) is 28.9 Å². The van der Waals surface area contributed by atoms with Gasteiger partial charge in [0.2, 0.25) is 0 Å². The van der Waals surface area contributed by atoms with Gasteiger partial charge in [-0.2, -0.15) is 5.10 Å². The largest absolute Gasteiger partial charge is 0.377 e. The standard InChI is InChI=1S/C17H24N6O2/c1-9-15(19-10(2)18-9)17(24)23-6-12(11-4-5-11)13(7-23)16-20-14(8-25-3)21-22-16/h11-13H,4-8H2,1-3H3,(H,18,19)(H,20,21,22)/t12-,13+/m1/s1. The Bertz CT molecular complexity index is 778. The van der Waals surface area contributed by atoms with Crippen LogP contribution in [-0.4, -0.2) is 56.2 Å². The van der Waals surface area contributed by atoms with Crippen LogP contribution in [0.4, 0.5) is 0 Å². The Kier molecular flexibility index (Phi) is 4.07. The number of hydrogen-bond donors (Lipinski definition) is 2. The van der Waals surface area contributed by atoms with Crippen molar-refractivity contribution < 1.29 is 9.53 Å². The van der Waals surface area contributed by atoms with Gasteiger partial charge in [0.15, 0.2) is 11.6 Å². The fraction of sp³-hybridized carbons (Fsp3) is 0.647. The minimum atomic E-state index is 0.00245. The third-order valence-electron chi connectivity index (χ3n) is 5.25. The van der Waals surface area contributed by atoms with Crippen LogP contribution in [-0.2, 0) is 11.3 Å². The van der Waals surface area contributed by atoms with Crippen LogP contribution in [0.2, 0.25) is 0 Å². The lowest BCUT2D eigenvalue weighted by atomic mass is 9.91. The Morgan fingerprint density at radius 3 is 2.72 bits per heavy atom. The minimum absolute atomic E-state index is 0.00245. The summed E-state index contributed by atoms with van der Waals surface area (Å²) in [4.78, 5) is 26.9. The van der Waals surface area contributed by atoms with E-state index in [-0.39, 0.29) is 11.8 Å².